The zero-order chi connectivity index (χ0) is 10.5. The van der Waals surface area contributed by atoms with Crippen LogP contribution in [-0.2, 0) is 0 Å². The van der Waals surface area contributed by atoms with Gasteiger partial charge >= 0.3 is 0 Å². The lowest BCUT2D eigenvalue weighted by molar-refractivity contribution is 0.112. The fourth-order valence-corrected chi connectivity index (χ4v) is 3.16. The highest BCUT2D eigenvalue weighted by Crippen LogP contribution is 2.23. The molecule has 1 atom stereocenters. The van der Waals surface area contributed by atoms with E-state index < -0.39 is 0 Å². The third-order valence-corrected chi connectivity index (χ3v) is 4.17. The van der Waals surface area contributed by atoms with Gasteiger partial charge in [0.2, 0.25) is 0 Å². The maximum atomic E-state index is 3.46. The van der Waals surface area contributed by atoms with Gasteiger partial charge in [0.15, 0.2) is 0 Å². The molecular formula is C13H26N2. The van der Waals surface area contributed by atoms with Crippen LogP contribution in [0, 0.1) is 5.92 Å². The second-order valence-corrected chi connectivity index (χ2v) is 5.25. The molecule has 0 aromatic carbocycles. The van der Waals surface area contributed by atoms with Crippen LogP contribution in [-0.4, -0.2) is 37.1 Å². The van der Waals surface area contributed by atoms with Crippen molar-refractivity contribution in [2.45, 2.75) is 51.5 Å². The predicted octanol–water partition coefficient (Wildman–Crippen LogP) is 2.25. The zero-order valence-electron chi connectivity index (χ0n) is 10.2. The number of hydrogen-bond acceptors (Lipinski definition) is 2. The molecule has 2 aliphatic rings. The van der Waals surface area contributed by atoms with E-state index in [0.717, 1.165) is 12.0 Å². The molecule has 0 aromatic rings. The average Bonchev–Trinajstić information content (AvgIpc) is 2.31. The van der Waals surface area contributed by atoms with E-state index in [4.69, 9.17) is 0 Å². The van der Waals surface area contributed by atoms with Crippen molar-refractivity contribution in [2.24, 2.45) is 5.92 Å². The number of nitrogens with zero attached hydrogens (tertiary/aromatic N) is 1. The lowest BCUT2D eigenvalue weighted by atomic mass is 9.93. The lowest BCUT2D eigenvalue weighted by Gasteiger charge is -2.38. The standard InChI is InChI=1S/C13H26N2/c1-2-13-5-3-4-10-15(13)11-12-6-8-14-9-7-12/h12-14H,2-11H2,1H3/t13-/m1/s1. The second kappa shape index (κ2) is 5.86. The molecule has 0 bridgehead atoms. The molecule has 15 heavy (non-hydrogen) atoms. The lowest BCUT2D eigenvalue weighted by Crippen LogP contribution is -2.43. The molecule has 2 fully saturated rings. The van der Waals surface area contributed by atoms with Gasteiger partial charge in [0.25, 0.3) is 0 Å². The summed E-state index contributed by atoms with van der Waals surface area (Å²) >= 11 is 0. The highest BCUT2D eigenvalue weighted by Gasteiger charge is 2.24. The Bertz CT molecular complexity index is 175. The molecule has 0 radical (unpaired) electrons. The van der Waals surface area contributed by atoms with E-state index in [0.29, 0.717) is 0 Å². The quantitative estimate of drug-likeness (QED) is 0.768. The molecule has 0 saturated carbocycles. The Morgan fingerprint density at radius 3 is 2.67 bits per heavy atom. The number of nitrogens with one attached hydrogen (secondary N) is 1. The Balaban J connectivity index is 1.79. The second-order valence-electron chi connectivity index (χ2n) is 5.25. The minimum absolute atomic E-state index is 0.897. The number of likely N-dealkylation sites (tertiary alicyclic amines) is 1. The van der Waals surface area contributed by atoms with Crippen molar-refractivity contribution in [2.75, 3.05) is 26.2 Å². The third kappa shape index (κ3) is 3.18. The Kier molecular flexibility index (Phi) is 4.45. The molecule has 2 aliphatic heterocycles. The summed E-state index contributed by atoms with van der Waals surface area (Å²) in [5.41, 5.74) is 0. The van der Waals surface area contributed by atoms with Gasteiger partial charge in [0, 0.05) is 12.6 Å². The molecule has 1 N–H and O–H groups in total. The van der Waals surface area contributed by atoms with E-state index in [9.17, 15) is 0 Å². The van der Waals surface area contributed by atoms with Crippen LogP contribution < -0.4 is 5.32 Å². The maximum absolute atomic E-state index is 3.46. The van der Waals surface area contributed by atoms with Gasteiger partial charge in [0.05, 0.1) is 0 Å². The first-order chi connectivity index (χ1) is 7.40. The minimum Gasteiger partial charge on any atom is -0.317 e. The van der Waals surface area contributed by atoms with Crippen LogP contribution >= 0.6 is 0 Å². The molecule has 0 aliphatic carbocycles. The van der Waals surface area contributed by atoms with Crippen molar-refractivity contribution in [1.82, 2.24) is 10.2 Å². The van der Waals surface area contributed by atoms with Gasteiger partial charge < -0.3 is 10.2 Å². The summed E-state index contributed by atoms with van der Waals surface area (Å²) in [6, 6.07) is 0.897. The topological polar surface area (TPSA) is 15.3 Å². The van der Waals surface area contributed by atoms with E-state index in [2.05, 4.69) is 17.1 Å². The van der Waals surface area contributed by atoms with Crippen LogP contribution in [0.4, 0.5) is 0 Å². The molecular weight excluding hydrogens is 184 g/mol. The first-order valence-electron chi connectivity index (χ1n) is 6.85. The molecule has 2 heterocycles. The van der Waals surface area contributed by atoms with Crippen LogP contribution in [0.15, 0.2) is 0 Å². The Morgan fingerprint density at radius 2 is 1.93 bits per heavy atom. The molecule has 88 valence electrons. The average molecular weight is 210 g/mol. The molecule has 2 nitrogen and oxygen atoms in total. The van der Waals surface area contributed by atoms with Crippen molar-refractivity contribution >= 4 is 0 Å². The van der Waals surface area contributed by atoms with E-state index >= 15 is 0 Å². The van der Waals surface area contributed by atoms with Gasteiger partial charge in [-0.2, -0.15) is 0 Å². The Morgan fingerprint density at radius 1 is 1.13 bits per heavy atom. The van der Waals surface area contributed by atoms with Crippen molar-refractivity contribution < 1.29 is 0 Å². The summed E-state index contributed by atoms with van der Waals surface area (Å²) in [5.74, 6) is 0.971. The largest absolute Gasteiger partial charge is 0.317 e. The molecule has 0 spiro atoms. The van der Waals surface area contributed by atoms with E-state index in [1.807, 2.05) is 0 Å². The van der Waals surface area contributed by atoms with Gasteiger partial charge in [-0.15, -0.1) is 0 Å². The molecule has 0 amide bonds. The number of hydrogen-bond donors (Lipinski definition) is 1. The Hall–Kier alpha value is -0.0800. The first-order valence-corrected chi connectivity index (χ1v) is 6.85. The fraction of sp³-hybridized carbons (Fsp3) is 1.00. The highest BCUT2D eigenvalue weighted by atomic mass is 15.2. The van der Waals surface area contributed by atoms with Crippen LogP contribution in [0.5, 0.6) is 0 Å². The van der Waals surface area contributed by atoms with E-state index in [-0.39, 0.29) is 0 Å². The normalized spacial score (nSPS) is 30.6. The van der Waals surface area contributed by atoms with Crippen LogP contribution in [0.2, 0.25) is 0 Å². The van der Waals surface area contributed by atoms with Gasteiger partial charge in [-0.1, -0.05) is 13.3 Å². The summed E-state index contributed by atoms with van der Waals surface area (Å²) in [5, 5.41) is 3.46. The van der Waals surface area contributed by atoms with Gasteiger partial charge in [0.1, 0.15) is 0 Å². The van der Waals surface area contributed by atoms with Gasteiger partial charge in [-0.3, -0.25) is 0 Å². The smallest absolute Gasteiger partial charge is 0.00927 e. The van der Waals surface area contributed by atoms with E-state index in [1.54, 1.807) is 0 Å². The summed E-state index contributed by atoms with van der Waals surface area (Å²) in [6.07, 6.45) is 8.48. The monoisotopic (exact) mass is 210 g/mol. The van der Waals surface area contributed by atoms with Crippen LogP contribution in [0.1, 0.15) is 45.4 Å². The molecule has 0 unspecified atom stereocenters. The molecule has 2 saturated heterocycles. The third-order valence-electron chi connectivity index (χ3n) is 4.17. The van der Waals surface area contributed by atoms with Crippen LogP contribution in [0.25, 0.3) is 0 Å². The van der Waals surface area contributed by atoms with Crippen molar-refractivity contribution in [1.29, 1.82) is 0 Å². The minimum atomic E-state index is 0.897. The SMILES string of the molecule is CC[C@@H]1CCCCN1CC1CCNCC1. The molecule has 0 aromatic heterocycles. The molecule has 2 rings (SSSR count). The zero-order valence-corrected chi connectivity index (χ0v) is 10.2. The molecule has 2 heteroatoms. The Labute approximate surface area is 94.4 Å². The fourth-order valence-electron chi connectivity index (χ4n) is 3.16. The number of piperidine rings is 2. The predicted molar refractivity (Wildman–Crippen MR) is 65.1 cm³/mol. The highest BCUT2D eigenvalue weighted by molar-refractivity contribution is 4.79. The van der Waals surface area contributed by atoms with Crippen molar-refractivity contribution in [3.63, 3.8) is 0 Å². The maximum Gasteiger partial charge on any atom is 0.00927 e. The summed E-state index contributed by atoms with van der Waals surface area (Å²) in [4.78, 5) is 2.78. The first kappa shape index (κ1) is 11.4. The van der Waals surface area contributed by atoms with Gasteiger partial charge in [-0.25, -0.2) is 0 Å². The van der Waals surface area contributed by atoms with Crippen LogP contribution in [0.3, 0.4) is 0 Å². The summed E-state index contributed by atoms with van der Waals surface area (Å²) < 4.78 is 0. The van der Waals surface area contributed by atoms with Crippen molar-refractivity contribution in [3.05, 3.63) is 0 Å². The number of rotatable bonds is 3. The van der Waals surface area contributed by atoms with E-state index in [1.165, 1.54) is 64.7 Å². The summed E-state index contributed by atoms with van der Waals surface area (Å²) in [6.45, 7) is 7.58. The van der Waals surface area contributed by atoms with Gasteiger partial charge in [-0.05, 0) is 57.7 Å². The van der Waals surface area contributed by atoms with Crippen molar-refractivity contribution in [3.8, 4) is 0 Å². The summed E-state index contributed by atoms with van der Waals surface area (Å²) in [7, 11) is 0.